The predicted molar refractivity (Wildman–Crippen MR) is 65.6 cm³/mol. The number of aromatic carboxylic acids is 1. The second-order valence-electron chi connectivity index (χ2n) is 4.13. The summed E-state index contributed by atoms with van der Waals surface area (Å²) in [6.07, 6.45) is 0. The molecule has 2 aromatic rings. The van der Waals surface area contributed by atoms with Crippen molar-refractivity contribution in [2.24, 2.45) is 0 Å². The van der Waals surface area contributed by atoms with Gasteiger partial charge < -0.3 is 0 Å². The number of benzene rings is 1. The molecule has 0 saturated heterocycles. The van der Waals surface area contributed by atoms with Gasteiger partial charge in [0.05, 0.1) is 0 Å². The standard InChI is InChI=1S/C13H11NO2Se.ClHO4/c1-8-2-4-9(5-3-8)11-7-6-10(13(15)16)12(14)17-11;2-1(3,4)5/h2-7,14H,1H3,(H,15,16);(H,2,3,4,5). The zero-order valence-corrected chi connectivity index (χ0v) is 13.8. The fraction of sp³-hybridized carbons (Fsp3) is 0.0769. The third kappa shape index (κ3) is 6.50. The van der Waals surface area contributed by atoms with Crippen LogP contribution in [-0.4, -0.2) is 25.6 Å². The molecule has 0 spiro atoms. The van der Waals surface area contributed by atoms with Crippen molar-refractivity contribution in [2.75, 3.05) is 0 Å². The average Bonchev–Trinajstić information content (AvgIpc) is 2.37. The second-order valence-corrected chi connectivity index (χ2v) is 7.16. The minimum atomic E-state index is -4.94. The Balaban J connectivity index is 0.000000422. The number of carboxylic acid groups (broad SMARTS) is 1. The Kier molecular flexibility index (Phi) is 6.46. The molecule has 7 nitrogen and oxygen atoms in total. The van der Waals surface area contributed by atoms with Crippen molar-refractivity contribution in [3.8, 4) is 10.0 Å². The first-order valence-corrected chi connectivity index (χ1v) is 8.67. The van der Waals surface area contributed by atoms with Crippen molar-refractivity contribution in [3.63, 3.8) is 0 Å². The van der Waals surface area contributed by atoms with Crippen LogP contribution in [0.1, 0.15) is 15.9 Å². The number of hydrogen-bond donors (Lipinski definition) is 2. The van der Waals surface area contributed by atoms with Crippen molar-refractivity contribution >= 4 is 20.5 Å². The van der Waals surface area contributed by atoms with Crippen molar-refractivity contribution in [1.29, 1.82) is 0 Å². The van der Waals surface area contributed by atoms with E-state index < -0.39 is 16.2 Å². The van der Waals surface area contributed by atoms with Crippen LogP contribution in [0, 0.1) is 17.2 Å². The zero-order valence-electron chi connectivity index (χ0n) is 11.3. The third-order valence-corrected chi connectivity index (χ3v) is 4.62. The Morgan fingerprint density at radius 1 is 1.09 bits per heavy atom. The topological polar surface area (TPSA) is 155 Å². The Morgan fingerprint density at radius 2 is 1.59 bits per heavy atom. The van der Waals surface area contributed by atoms with Gasteiger partial charge in [-0.15, -0.1) is 10.2 Å². The van der Waals surface area contributed by atoms with Gasteiger partial charge in [0.1, 0.15) is 0 Å². The van der Waals surface area contributed by atoms with Gasteiger partial charge >= 0.3 is 104 Å². The maximum atomic E-state index is 10.9. The van der Waals surface area contributed by atoms with E-state index in [-0.39, 0.29) is 20.1 Å². The van der Waals surface area contributed by atoms with E-state index in [0.717, 1.165) is 10.0 Å². The van der Waals surface area contributed by atoms with Crippen LogP contribution < -0.4 is 28.3 Å². The van der Waals surface area contributed by atoms with Gasteiger partial charge in [0.25, 0.3) is 0 Å². The zero-order chi connectivity index (χ0) is 16.9. The number of hydrogen-bond acceptors (Lipinski definition) is 5. The van der Waals surface area contributed by atoms with Gasteiger partial charge in [-0.05, 0) is 0 Å². The molecule has 0 unspecified atom stereocenters. The molecule has 0 aliphatic heterocycles. The van der Waals surface area contributed by atoms with Gasteiger partial charge in [0, 0.05) is 0 Å². The number of carboxylic acids is 1. The van der Waals surface area contributed by atoms with E-state index in [1.807, 2.05) is 37.3 Å². The number of halogens is 1. The number of rotatable bonds is 2. The molecule has 0 aliphatic carbocycles. The molecule has 0 amide bonds. The molecule has 0 radical (unpaired) electrons. The monoisotopic (exact) mass is 393 g/mol. The van der Waals surface area contributed by atoms with E-state index in [0.29, 0.717) is 4.23 Å². The largest absolute Gasteiger partial charge is 0.222 e. The smallest absolute Gasteiger partial charge is 0.112 e. The molecule has 0 fully saturated rings. The normalized spacial score (nSPS) is 10.6. The van der Waals surface area contributed by atoms with Crippen LogP contribution in [0.25, 0.3) is 10.0 Å². The quantitative estimate of drug-likeness (QED) is 0.489. The van der Waals surface area contributed by atoms with Crippen LogP contribution in [0.4, 0.5) is 0 Å². The summed E-state index contributed by atoms with van der Waals surface area (Å²) in [6.45, 7) is 2.03. The fourth-order valence-corrected chi connectivity index (χ4v) is 3.37. The molecule has 1 aromatic heterocycles. The van der Waals surface area contributed by atoms with E-state index in [2.05, 4.69) is 0 Å². The van der Waals surface area contributed by atoms with Gasteiger partial charge in [-0.3, -0.25) is 0 Å². The summed E-state index contributed by atoms with van der Waals surface area (Å²) in [4.78, 5) is 10.9. The molecule has 0 bridgehead atoms. The summed E-state index contributed by atoms with van der Waals surface area (Å²) in [7, 11) is -4.94. The number of aryl methyl sites for hydroxylation is 1. The molecule has 9 heteroatoms. The van der Waals surface area contributed by atoms with Crippen molar-refractivity contribution < 1.29 is 44.2 Å². The predicted octanol–water partition coefficient (Wildman–Crippen LogP) is -4.68. The number of carbonyl (C=O) groups is 1. The van der Waals surface area contributed by atoms with Gasteiger partial charge in [-0.25, -0.2) is 18.6 Å². The Hall–Kier alpha value is -1.51. The van der Waals surface area contributed by atoms with Crippen LogP contribution in [0.3, 0.4) is 0 Å². The summed E-state index contributed by atoms with van der Waals surface area (Å²) in [5, 5.41) is 14.7. The molecule has 118 valence electrons. The van der Waals surface area contributed by atoms with Crippen LogP contribution in [0.5, 0.6) is 0 Å². The minimum absolute atomic E-state index is 0.113. The molecule has 1 aromatic carbocycles. The first kappa shape index (κ1) is 18.5. The van der Waals surface area contributed by atoms with E-state index in [1.54, 1.807) is 6.07 Å². The summed E-state index contributed by atoms with van der Waals surface area (Å²) < 4.78 is 35.6. The van der Waals surface area contributed by atoms with Gasteiger partial charge in [-0.1, -0.05) is 0 Å². The van der Waals surface area contributed by atoms with Crippen molar-refractivity contribution in [3.05, 3.63) is 51.8 Å². The van der Waals surface area contributed by atoms with E-state index in [1.165, 1.54) is 5.56 Å². The summed E-state index contributed by atoms with van der Waals surface area (Å²) in [6, 6.07) is 11.6. The molecule has 0 atom stereocenters. The molecule has 3 N–H and O–H groups in total. The van der Waals surface area contributed by atoms with Crippen LogP contribution in [-0.2, 0) is 0 Å². The van der Waals surface area contributed by atoms with E-state index >= 15 is 0 Å². The minimum Gasteiger partial charge on any atom is -0.222 e. The molecular weight excluding hydrogens is 381 g/mol. The SMILES string of the molecule is Cc1ccc(-c2ccc(C(=O)O)c(=[NH2+])[se]2)cc1.[O-][Cl+3]([O-])([O-])[O-]. The number of nitrogens with two attached hydrogens (primary N) is 1. The Bertz CT molecular complexity index is 702. The molecule has 0 saturated carbocycles. The fourth-order valence-electron chi connectivity index (χ4n) is 1.50. The van der Waals surface area contributed by atoms with E-state index in [4.69, 9.17) is 29.2 Å². The third-order valence-electron chi connectivity index (χ3n) is 2.45. The maximum absolute atomic E-state index is 10.9. The van der Waals surface area contributed by atoms with Crippen LogP contribution in [0.15, 0.2) is 36.4 Å². The van der Waals surface area contributed by atoms with Crippen molar-refractivity contribution in [1.82, 2.24) is 0 Å². The van der Waals surface area contributed by atoms with Crippen LogP contribution >= 0.6 is 0 Å². The molecule has 1 heterocycles. The molecular formula is C13H12ClNO6Se. The Morgan fingerprint density at radius 3 is 2.00 bits per heavy atom. The van der Waals surface area contributed by atoms with Gasteiger partial charge in [0.2, 0.25) is 0 Å². The average molecular weight is 393 g/mol. The summed E-state index contributed by atoms with van der Waals surface area (Å²) >= 11 is -0.113. The van der Waals surface area contributed by atoms with Gasteiger partial charge in [0.15, 0.2) is 0 Å². The van der Waals surface area contributed by atoms with Gasteiger partial charge in [-0.2, -0.15) is 0 Å². The first-order chi connectivity index (χ1) is 10.1. The molecule has 0 aliphatic rings. The van der Waals surface area contributed by atoms with E-state index in [9.17, 15) is 4.79 Å². The summed E-state index contributed by atoms with van der Waals surface area (Å²) in [5.41, 5.74) is 2.54. The summed E-state index contributed by atoms with van der Waals surface area (Å²) in [5.74, 6) is -0.955. The Labute approximate surface area is 133 Å². The van der Waals surface area contributed by atoms with Crippen molar-refractivity contribution in [2.45, 2.75) is 6.92 Å². The molecule has 22 heavy (non-hydrogen) atoms. The second kappa shape index (κ2) is 7.66. The maximum Gasteiger partial charge on any atom is -0.112 e. The van der Waals surface area contributed by atoms with Crippen LogP contribution in [0.2, 0.25) is 0 Å². The molecule has 2 rings (SSSR count). The first-order valence-electron chi connectivity index (χ1n) is 5.72.